The van der Waals surface area contributed by atoms with Crippen molar-refractivity contribution in [3.63, 3.8) is 0 Å². The largest absolute Gasteiger partial charge is 0.497 e. The number of rotatable bonds is 5. The Hall–Kier alpha value is -2.95. The third-order valence-corrected chi connectivity index (χ3v) is 3.64. The molecule has 0 fully saturated rings. The highest BCUT2D eigenvalue weighted by molar-refractivity contribution is 5.75. The van der Waals surface area contributed by atoms with E-state index in [1.54, 1.807) is 27.5 Å². The number of nitrogens with zero attached hydrogens (tertiary/aromatic N) is 1. The van der Waals surface area contributed by atoms with Crippen LogP contribution >= 0.6 is 0 Å². The molecule has 0 spiro atoms. The van der Waals surface area contributed by atoms with Crippen molar-refractivity contribution in [3.05, 3.63) is 48.7 Å². The number of nitrogens with one attached hydrogen (secondary N) is 1. The first-order valence-corrected chi connectivity index (χ1v) is 7.17. The van der Waals surface area contributed by atoms with E-state index >= 15 is 0 Å². The molecule has 0 amide bonds. The summed E-state index contributed by atoms with van der Waals surface area (Å²) in [6.45, 7) is 0. The molecule has 1 aromatic heterocycles. The van der Waals surface area contributed by atoms with E-state index in [0.717, 1.165) is 39.9 Å². The lowest BCUT2D eigenvalue weighted by Gasteiger charge is -2.11. The highest BCUT2D eigenvalue weighted by Crippen LogP contribution is 2.37. The summed E-state index contributed by atoms with van der Waals surface area (Å²) < 4.78 is 16.1. The van der Waals surface area contributed by atoms with Gasteiger partial charge in [-0.05, 0) is 36.4 Å². The number of hydrogen-bond acceptors (Lipinski definition) is 4. The maximum atomic E-state index is 5.44. The van der Waals surface area contributed by atoms with Crippen LogP contribution in [0.4, 0.5) is 0 Å². The molecular weight excluding hydrogens is 292 g/mol. The van der Waals surface area contributed by atoms with Gasteiger partial charge in [0.05, 0.1) is 38.8 Å². The first kappa shape index (κ1) is 15.0. The second-order valence-electron chi connectivity index (χ2n) is 4.91. The van der Waals surface area contributed by atoms with Gasteiger partial charge in [-0.3, -0.25) is 0 Å². The average molecular weight is 310 g/mol. The fraction of sp³-hybridized carbons (Fsp3) is 0.167. The minimum atomic E-state index is 0.731. The molecule has 118 valence electrons. The summed E-state index contributed by atoms with van der Waals surface area (Å²) >= 11 is 0. The molecule has 0 saturated heterocycles. The van der Waals surface area contributed by atoms with Crippen molar-refractivity contribution in [2.24, 2.45) is 0 Å². The Balaban J connectivity index is 2.02. The van der Waals surface area contributed by atoms with Crippen LogP contribution in [0, 0.1) is 0 Å². The van der Waals surface area contributed by atoms with E-state index in [1.165, 1.54) is 0 Å². The maximum Gasteiger partial charge on any atom is 0.137 e. The number of imidazole rings is 1. The number of aromatic nitrogens is 2. The zero-order valence-electron chi connectivity index (χ0n) is 13.3. The van der Waals surface area contributed by atoms with Crippen molar-refractivity contribution in [3.8, 4) is 39.9 Å². The summed E-state index contributed by atoms with van der Waals surface area (Å²) in [5, 5.41) is 0. The summed E-state index contributed by atoms with van der Waals surface area (Å²) in [5.41, 5.74) is 2.67. The lowest BCUT2D eigenvalue weighted by atomic mass is 10.1. The quantitative estimate of drug-likeness (QED) is 0.779. The van der Waals surface area contributed by atoms with Gasteiger partial charge in [0.25, 0.3) is 0 Å². The van der Waals surface area contributed by atoms with Crippen molar-refractivity contribution in [2.45, 2.75) is 0 Å². The van der Waals surface area contributed by atoms with Crippen molar-refractivity contribution in [2.75, 3.05) is 21.3 Å². The molecule has 0 aliphatic rings. The van der Waals surface area contributed by atoms with Crippen LogP contribution in [-0.4, -0.2) is 31.3 Å². The molecule has 3 aromatic rings. The van der Waals surface area contributed by atoms with Crippen molar-refractivity contribution < 1.29 is 14.2 Å². The number of hydrogen-bond donors (Lipinski definition) is 1. The Labute approximate surface area is 134 Å². The molecule has 5 heteroatoms. The average Bonchev–Trinajstić information content (AvgIpc) is 3.10. The van der Waals surface area contributed by atoms with Gasteiger partial charge < -0.3 is 19.2 Å². The molecule has 2 aromatic carbocycles. The van der Waals surface area contributed by atoms with E-state index in [1.807, 2.05) is 42.5 Å². The lowest BCUT2D eigenvalue weighted by Crippen LogP contribution is -1.93. The van der Waals surface area contributed by atoms with Gasteiger partial charge in [-0.25, -0.2) is 4.98 Å². The van der Waals surface area contributed by atoms with Gasteiger partial charge in [0.15, 0.2) is 0 Å². The van der Waals surface area contributed by atoms with Crippen LogP contribution in [0.25, 0.3) is 22.6 Å². The topological polar surface area (TPSA) is 56.4 Å². The molecule has 23 heavy (non-hydrogen) atoms. The molecule has 0 unspecified atom stereocenters. The first-order valence-electron chi connectivity index (χ1n) is 7.17. The fourth-order valence-electron chi connectivity index (χ4n) is 2.46. The molecule has 0 aliphatic heterocycles. The Kier molecular flexibility index (Phi) is 4.19. The monoisotopic (exact) mass is 310 g/mol. The molecule has 1 heterocycles. The predicted molar refractivity (Wildman–Crippen MR) is 89.1 cm³/mol. The van der Waals surface area contributed by atoms with Crippen LogP contribution in [0.15, 0.2) is 48.7 Å². The molecule has 0 aliphatic carbocycles. The highest BCUT2D eigenvalue weighted by atomic mass is 16.5. The number of methoxy groups -OCH3 is 3. The van der Waals surface area contributed by atoms with Crippen LogP contribution in [0.3, 0.4) is 0 Å². The zero-order valence-corrected chi connectivity index (χ0v) is 13.3. The maximum absolute atomic E-state index is 5.44. The van der Waals surface area contributed by atoms with Gasteiger partial charge in [-0.2, -0.15) is 0 Å². The van der Waals surface area contributed by atoms with Gasteiger partial charge in [0.2, 0.25) is 0 Å². The Morgan fingerprint density at radius 1 is 0.826 bits per heavy atom. The predicted octanol–water partition coefficient (Wildman–Crippen LogP) is 3.77. The number of aromatic amines is 1. The normalized spacial score (nSPS) is 10.4. The van der Waals surface area contributed by atoms with E-state index < -0.39 is 0 Å². The van der Waals surface area contributed by atoms with E-state index in [9.17, 15) is 0 Å². The van der Waals surface area contributed by atoms with Gasteiger partial charge in [0, 0.05) is 5.56 Å². The van der Waals surface area contributed by atoms with E-state index in [4.69, 9.17) is 14.2 Å². The fourth-order valence-corrected chi connectivity index (χ4v) is 2.46. The Bertz CT molecular complexity index is 772. The van der Waals surface area contributed by atoms with Crippen molar-refractivity contribution in [1.82, 2.24) is 9.97 Å². The van der Waals surface area contributed by atoms with Crippen LogP contribution in [0.5, 0.6) is 17.2 Å². The second-order valence-corrected chi connectivity index (χ2v) is 4.91. The van der Waals surface area contributed by atoms with E-state index in [-0.39, 0.29) is 0 Å². The SMILES string of the molecule is COc1ccc(-c2ncc(-c3c(OC)cccc3OC)[nH]2)cc1. The minimum absolute atomic E-state index is 0.731. The third kappa shape index (κ3) is 2.85. The van der Waals surface area contributed by atoms with E-state index in [2.05, 4.69) is 9.97 Å². The van der Waals surface area contributed by atoms with Crippen LogP contribution in [0.2, 0.25) is 0 Å². The molecule has 1 N–H and O–H groups in total. The number of ether oxygens (including phenoxy) is 3. The van der Waals surface area contributed by atoms with E-state index in [0.29, 0.717) is 0 Å². The summed E-state index contributed by atoms with van der Waals surface area (Å²) in [6.07, 6.45) is 1.78. The summed E-state index contributed by atoms with van der Waals surface area (Å²) in [4.78, 5) is 7.78. The molecular formula is C18H18N2O3. The zero-order chi connectivity index (χ0) is 16.2. The van der Waals surface area contributed by atoms with Crippen molar-refractivity contribution >= 4 is 0 Å². The van der Waals surface area contributed by atoms with Gasteiger partial charge in [0.1, 0.15) is 23.1 Å². The molecule has 3 rings (SSSR count). The molecule has 0 saturated carbocycles. The Morgan fingerprint density at radius 3 is 2.04 bits per heavy atom. The van der Waals surface area contributed by atoms with Crippen LogP contribution in [-0.2, 0) is 0 Å². The standard InChI is InChI=1S/C18H18N2O3/c1-21-13-9-7-12(8-10-13)18-19-11-14(20-18)17-15(22-2)5-4-6-16(17)23-3/h4-11H,1-3H3,(H,19,20). The molecule has 5 nitrogen and oxygen atoms in total. The van der Waals surface area contributed by atoms with Crippen molar-refractivity contribution in [1.29, 1.82) is 0 Å². The van der Waals surface area contributed by atoms with Crippen LogP contribution < -0.4 is 14.2 Å². The second kappa shape index (κ2) is 6.44. The number of H-pyrrole nitrogens is 1. The van der Waals surface area contributed by atoms with Gasteiger partial charge in [-0.15, -0.1) is 0 Å². The van der Waals surface area contributed by atoms with Gasteiger partial charge >= 0.3 is 0 Å². The third-order valence-electron chi connectivity index (χ3n) is 3.64. The molecule has 0 atom stereocenters. The van der Waals surface area contributed by atoms with Gasteiger partial charge in [-0.1, -0.05) is 6.07 Å². The highest BCUT2D eigenvalue weighted by Gasteiger charge is 2.15. The summed E-state index contributed by atoms with van der Waals surface area (Å²) in [7, 11) is 4.92. The molecule has 0 radical (unpaired) electrons. The smallest absolute Gasteiger partial charge is 0.137 e. The summed E-state index contributed by atoms with van der Waals surface area (Å²) in [6, 6.07) is 13.4. The summed E-state index contributed by atoms with van der Waals surface area (Å²) in [5.74, 6) is 3.05. The number of benzene rings is 2. The minimum Gasteiger partial charge on any atom is -0.497 e. The molecule has 0 bridgehead atoms. The first-order chi connectivity index (χ1) is 11.3. The van der Waals surface area contributed by atoms with Crippen LogP contribution in [0.1, 0.15) is 0 Å². The lowest BCUT2D eigenvalue weighted by molar-refractivity contribution is 0.397. The Morgan fingerprint density at radius 2 is 1.48 bits per heavy atom.